The third kappa shape index (κ3) is 6.05. The molecule has 0 aliphatic heterocycles. The van der Waals surface area contributed by atoms with Gasteiger partial charge in [0.15, 0.2) is 0 Å². The van der Waals surface area contributed by atoms with Gasteiger partial charge in [-0.2, -0.15) is 0 Å². The Labute approximate surface area is 168 Å². The summed E-state index contributed by atoms with van der Waals surface area (Å²) >= 11 is 3.37. The summed E-state index contributed by atoms with van der Waals surface area (Å²) < 4.78 is 31.8. The van der Waals surface area contributed by atoms with Gasteiger partial charge in [0.25, 0.3) is 0 Å². The van der Waals surface area contributed by atoms with Crippen molar-refractivity contribution in [3.63, 3.8) is 0 Å². The lowest BCUT2D eigenvalue weighted by atomic mass is 10.1. The molecule has 146 valence electrons. The van der Waals surface area contributed by atoms with Crippen LogP contribution in [0.4, 0.5) is 0 Å². The van der Waals surface area contributed by atoms with Gasteiger partial charge in [-0.1, -0.05) is 34.1 Å². The van der Waals surface area contributed by atoms with Crippen LogP contribution in [-0.4, -0.2) is 39.3 Å². The highest BCUT2D eigenvalue weighted by Crippen LogP contribution is 2.19. The molecule has 2 aromatic rings. The van der Waals surface area contributed by atoms with Crippen molar-refractivity contribution in [2.24, 2.45) is 0 Å². The van der Waals surface area contributed by atoms with Crippen molar-refractivity contribution in [2.75, 3.05) is 20.7 Å². The van der Waals surface area contributed by atoms with E-state index in [1.807, 2.05) is 31.2 Å². The van der Waals surface area contributed by atoms with Gasteiger partial charge >= 0.3 is 0 Å². The minimum absolute atomic E-state index is 0.137. The molecule has 1 atom stereocenters. The molecule has 2 rings (SSSR count). The number of sulfonamides is 1. The van der Waals surface area contributed by atoms with E-state index in [1.165, 1.54) is 18.4 Å². The fourth-order valence-corrected chi connectivity index (χ4v) is 3.63. The van der Waals surface area contributed by atoms with Crippen molar-refractivity contribution in [3.8, 4) is 5.75 Å². The van der Waals surface area contributed by atoms with Gasteiger partial charge in [-0.05, 0) is 42.8 Å². The standard InChI is InChI=1S/C19H23BrN2O4S/c1-14(15-7-9-18(10-8-15)27(24,25)22(2)3)21-19(23)11-12-26-17-6-4-5-16(20)13-17/h4-10,13-14H,11-12H2,1-3H3,(H,21,23). The molecule has 0 aliphatic carbocycles. The maximum Gasteiger partial charge on any atom is 0.242 e. The van der Waals surface area contributed by atoms with E-state index in [2.05, 4.69) is 21.2 Å². The van der Waals surface area contributed by atoms with Crippen molar-refractivity contribution < 1.29 is 17.9 Å². The van der Waals surface area contributed by atoms with Crippen molar-refractivity contribution in [2.45, 2.75) is 24.3 Å². The normalized spacial score (nSPS) is 12.6. The number of hydrogen-bond donors (Lipinski definition) is 1. The average Bonchev–Trinajstić information content (AvgIpc) is 2.61. The molecule has 1 amide bonds. The summed E-state index contributed by atoms with van der Waals surface area (Å²) in [5.74, 6) is 0.561. The fraction of sp³-hybridized carbons (Fsp3) is 0.316. The summed E-state index contributed by atoms with van der Waals surface area (Å²) in [6, 6.07) is 13.7. The third-order valence-electron chi connectivity index (χ3n) is 3.93. The van der Waals surface area contributed by atoms with E-state index in [9.17, 15) is 13.2 Å². The third-order valence-corrected chi connectivity index (χ3v) is 6.25. The number of benzene rings is 2. The molecule has 1 N–H and O–H groups in total. The highest BCUT2D eigenvalue weighted by molar-refractivity contribution is 9.10. The number of carbonyl (C=O) groups is 1. The highest BCUT2D eigenvalue weighted by atomic mass is 79.9. The molecule has 0 heterocycles. The minimum Gasteiger partial charge on any atom is -0.493 e. The summed E-state index contributed by atoms with van der Waals surface area (Å²) in [5, 5.41) is 2.89. The first-order valence-corrected chi connectivity index (χ1v) is 10.6. The molecule has 0 aromatic heterocycles. The zero-order valence-electron chi connectivity index (χ0n) is 15.5. The maximum absolute atomic E-state index is 12.1. The predicted octanol–water partition coefficient (Wildman–Crippen LogP) is 3.35. The van der Waals surface area contributed by atoms with E-state index < -0.39 is 10.0 Å². The first-order chi connectivity index (χ1) is 12.7. The van der Waals surface area contributed by atoms with E-state index in [1.54, 1.807) is 24.3 Å². The smallest absolute Gasteiger partial charge is 0.242 e. The van der Waals surface area contributed by atoms with Crippen molar-refractivity contribution in [1.29, 1.82) is 0 Å². The van der Waals surface area contributed by atoms with Crippen LogP contribution in [0.5, 0.6) is 5.75 Å². The fourth-order valence-electron chi connectivity index (χ4n) is 2.35. The second-order valence-electron chi connectivity index (χ2n) is 6.20. The Morgan fingerprint density at radius 1 is 1.19 bits per heavy atom. The lowest BCUT2D eigenvalue weighted by molar-refractivity contribution is -0.122. The highest BCUT2D eigenvalue weighted by Gasteiger charge is 2.17. The largest absolute Gasteiger partial charge is 0.493 e. The molecule has 27 heavy (non-hydrogen) atoms. The van der Waals surface area contributed by atoms with Crippen molar-refractivity contribution in [1.82, 2.24) is 9.62 Å². The quantitative estimate of drug-likeness (QED) is 0.663. The summed E-state index contributed by atoms with van der Waals surface area (Å²) in [6.45, 7) is 2.12. The molecular formula is C19H23BrN2O4S. The summed E-state index contributed by atoms with van der Waals surface area (Å²) in [5.41, 5.74) is 0.828. The zero-order chi connectivity index (χ0) is 20.0. The Morgan fingerprint density at radius 3 is 2.44 bits per heavy atom. The molecule has 1 unspecified atom stereocenters. The van der Waals surface area contributed by atoms with Gasteiger partial charge in [-0.25, -0.2) is 12.7 Å². The summed E-state index contributed by atoms with van der Waals surface area (Å²) in [6.07, 6.45) is 0.226. The Hall–Kier alpha value is -1.90. The van der Waals surface area contributed by atoms with Crippen LogP contribution in [0, 0.1) is 0 Å². The van der Waals surface area contributed by atoms with Crippen LogP contribution < -0.4 is 10.1 Å². The number of hydrogen-bond acceptors (Lipinski definition) is 4. The van der Waals surface area contributed by atoms with Gasteiger partial charge in [0.1, 0.15) is 5.75 Å². The van der Waals surface area contributed by atoms with E-state index in [0.717, 1.165) is 10.0 Å². The lowest BCUT2D eigenvalue weighted by Gasteiger charge is -2.16. The van der Waals surface area contributed by atoms with Crippen LogP contribution in [0.2, 0.25) is 0 Å². The van der Waals surface area contributed by atoms with E-state index >= 15 is 0 Å². The van der Waals surface area contributed by atoms with Crippen molar-refractivity contribution >= 4 is 31.9 Å². The van der Waals surface area contributed by atoms with Crippen LogP contribution in [0.3, 0.4) is 0 Å². The second kappa shape index (κ2) is 9.34. The molecular weight excluding hydrogens is 432 g/mol. The number of halogens is 1. The maximum atomic E-state index is 12.1. The van der Waals surface area contributed by atoms with Gasteiger partial charge in [-0.3, -0.25) is 4.79 Å². The number of amides is 1. The molecule has 0 saturated heterocycles. The van der Waals surface area contributed by atoms with Crippen LogP contribution >= 0.6 is 15.9 Å². The zero-order valence-corrected chi connectivity index (χ0v) is 17.9. The number of ether oxygens (including phenoxy) is 1. The van der Waals surface area contributed by atoms with E-state index in [-0.39, 0.29) is 29.9 Å². The Bertz CT molecular complexity index is 883. The Balaban J connectivity index is 1.87. The van der Waals surface area contributed by atoms with E-state index in [4.69, 9.17) is 4.74 Å². The van der Waals surface area contributed by atoms with Crippen LogP contribution in [0.25, 0.3) is 0 Å². The summed E-state index contributed by atoms with van der Waals surface area (Å²) in [7, 11) is -0.481. The van der Waals surface area contributed by atoms with Gasteiger partial charge < -0.3 is 10.1 Å². The Kier molecular flexibility index (Phi) is 7.41. The molecule has 0 spiro atoms. The molecule has 0 saturated carbocycles. The van der Waals surface area contributed by atoms with Crippen LogP contribution in [0.1, 0.15) is 24.9 Å². The van der Waals surface area contributed by atoms with Crippen LogP contribution in [-0.2, 0) is 14.8 Å². The monoisotopic (exact) mass is 454 g/mol. The molecule has 0 radical (unpaired) electrons. The average molecular weight is 455 g/mol. The number of rotatable bonds is 8. The van der Waals surface area contributed by atoms with Gasteiger partial charge in [0.2, 0.25) is 15.9 Å². The SMILES string of the molecule is CC(NC(=O)CCOc1cccc(Br)c1)c1ccc(S(=O)(=O)N(C)C)cc1. The van der Waals surface area contributed by atoms with Crippen molar-refractivity contribution in [3.05, 3.63) is 58.6 Å². The molecule has 0 aliphatic rings. The van der Waals surface area contributed by atoms with Gasteiger partial charge in [0.05, 0.1) is 24.0 Å². The molecule has 6 nitrogen and oxygen atoms in total. The predicted molar refractivity (Wildman–Crippen MR) is 108 cm³/mol. The number of nitrogens with one attached hydrogen (secondary N) is 1. The van der Waals surface area contributed by atoms with E-state index in [0.29, 0.717) is 5.75 Å². The topological polar surface area (TPSA) is 75.7 Å². The Morgan fingerprint density at radius 2 is 1.85 bits per heavy atom. The molecule has 8 heteroatoms. The van der Waals surface area contributed by atoms with Crippen LogP contribution in [0.15, 0.2) is 57.9 Å². The first kappa shape index (κ1) is 21.4. The lowest BCUT2D eigenvalue weighted by Crippen LogP contribution is -2.28. The molecule has 0 fully saturated rings. The van der Waals surface area contributed by atoms with Gasteiger partial charge in [-0.15, -0.1) is 0 Å². The molecule has 2 aromatic carbocycles. The minimum atomic E-state index is -3.46. The number of carbonyl (C=O) groups excluding carboxylic acids is 1. The summed E-state index contributed by atoms with van der Waals surface area (Å²) in [4.78, 5) is 12.3. The second-order valence-corrected chi connectivity index (χ2v) is 9.27. The first-order valence-electron chi connectivity index (χ1n) is 8.40. The number of nitrogens with zero attached hydrogens (tertiary/aromatic N) is 1. The van der Waals surface area contributed by atoms with Gasteiger partial charge in [0, 0.05) is 18.6 Å². The molecule has 0 bridgehead atoms.